The Bertz CT molecular complexity index is 436. The number of anilines is 2. The lowest BCUT2D eigenvalue weighted by Crippen LogP contribution is -1.94. The van der Waals surface area contributed by atoms with Crippen molar-refractivity contribution in [1.29, 1.82) is 0 Å². The van der Waals surface area contributed by atoms with Gasteiger partial charge in [-0.25, -0.2) is 4.39 Å². The summed E-state index contributed by atoms with van der Waals surface area (Å²) < 4.78 is 13.8. The molecule has 2 aromatic rings. The van der Waals surface area contributed by atoms with Crippen molar-refractivity contribution in [3.63, 3.8) is 0 Å². The first-order valence-corrected chi connectivity index (χ1v) is 4.29. The van der Waals surface area contributed by atoms with Crippen LogP contribution in [-0.2, 0) is 0 Å². The molecule has 0 saturated heterocycles. The van der Waals surface area contributed by atoms with Crippen molar-refractivity contribution >= 4 is 32.8 Å². The lowest BCUT2D eigenvalue weighted by molar-refractivity contribution is 0.635. The molecule has 0 saturated carbocycles. The first-order valence-electron chi connectivity index (χ1n) is 3.41. The van der Waals surface area contributed by atoms with E-state index in [0.717, 1.165) is 4.70 Å². The van der Waals surface area contributed by atoms with Gasteiger partial charge in [-0.3, -0.25) is 0 Å². The fourth-order valence-corrected chi connectivity index (χ4v) is 1.99. The molecule has 0 spiro atoms. The molecule has 4 N–H and O–H groups in total. The molecule has 0 aliphatic rings. The van der Waals surface area contributed by atoms with E-state index in [9.17, 15) is 4.39 Å². The van der Waals surface area contributed by atoms with Gasteiger partial charge in [-0.15, -0.1) is 11.3 Å². The third-order valence-electron chi connectivity index (χ3n) is 1.76. The molecular weight excluding hydrogens is 175 g/mol. The van der Waals surface area contributed by atoms with Crippen LogP contribution in [0.1, 0.15) is 0 Å². The highest BCUT2D eigenvalue weighted by atomic mass is 32.1. The first kappa shape index (κ1) is 7.36. The lowest BCUT2D eigenvalue weighted by Gasteiger charge is -2.00. The van der Waals surface area contributed by atoms with Crippen LogP contribution in [-0.4, -0.2) is 0 Å². The van der Waals surface area contributed by atoms with Crippen LogP contribution in [0.25, 0.3) is 10.1 Å². The molecule has 1 aromatic carbocycles. The molecule has 0 bridgehead atoms. The molecule has 0 amide bonds. The molecule has 0 fully saturated rings. The second-order valence-electron chi connectivity index (χ2n) is 2.52. The van der Waals surface area contributed by atoms with Crippen LogP contribution in [0.4, 0.5) is 15.8 Å². The van der Waals surface area contributed by atoms with Crippen molar-refractivity contribution < 1.29 is 4.39 Å². The number of hydrogen-bond acceptors (Lipinski definition) is 3. The molecule has 0 unspecified atom stereocenters. The van der Waals surface area contributed by atoms with Gasteiger partial charge in [-0.05, 0) is 11.4 Å². The van der Waals surface area contributed by atoms with Gasteiger partial charge < -0.3 is 11.5 Å². The van der Waals surface area contributed by atoms with E-state index < -0.39 is 5.82 Å². The fraction of sp³-hybridized carbons (Fsp3) is 0. The zero-order chi connectivity index (χ0) is 8.72. The molecule has 1 heterocycles. The third kappa shape index (κ3) is 0.848. The first-order chi connectivity index (χ1) is 5.70. The standard InChI is InChI=1S/C8H7FN2S/c9-5-3-6(10)8-4(7(5)11)1-2-12-8/h1-3H,10-11H2. The summed E-state index contributed by atoms with van der Waals surface area (Å²) in [5.41, 5.74) is 11.7. The van der Waals surface area contributed by atoms with Gasteiger partial charge in [0.05, 0.1) is 16.1 Å². The largest absolute Gasteiger partial charge is 0.397 e. The minimum absolute atomic E-state index is 0.181. The van der Waals surface area contributed by atoms with Gasteiger partial charge in [0, 0.05) is 11.5 Å². The molecule has 2 rings (SSSR count). The van der Waals surface area contributed by atoms with Crippen LogP contribution >= 0.6 is 11.3 Å². The number of nitrogen functional groups attached to an aromatic ring is 2. The van der Waals surface area contributed by atoms with E-state index in [0.29, 0.717) is 11.1 Å². The number of benzene rings is 1. The van der Waals surface area contributed by atoms with Gasteiger partial charge in [0.15, 0.2) is 0 Å². The predicted molar refractivity (Wildman–Crippen MR) is 50.6 cm³/mol. The molecule has 2 nitrogen and oxygen atoms in total. The normalized spacial score (nSPS) is 10.8. The summed E-state index contributed by atoms with van der Waals surface area (Å²) in [7, 11) is 0. The van der Waals surface area contributed by atoms with Gasteiger partial charge in [0.1, 0.15) is 5.82 Å². The Morgan fingerprint density at radius 2 is 2.08 bits per heavy atom. The highest BCUT2D eigenvalue weighted by molar-refractivity contribution is 7.18. The topological polar surface area (TPSA) is 52.0 Å². The summed E-state index contributed by atoms with van der Waals surface area (Å²) in [5, 5.41) is 2.55. The monoisotopic (exact) mass is 182 g/mol. The highest BCUT2D eigenvalue weighted by Crippen LogP contribution is 2.32. The molecule has 1 aromatic heterocycles. The van der Waals surface area contributed by atoms with E-state index in [2.05, 4.69) is 0 Å². The van der Waals surface area contributed by atoms with Crippen molar-refractivity contribution in [3.8, 4) is 0 Å². The second-order valence-corrected chi connectivity index (χ2v) is 3.44. The van der Waals surface area contributed by atoms with Crippen LogP contribution in [0.5, 0.6) is 0 Å². The molecule has 0 aliphatic carbocycles. The maximum Gasteiger partial charge on any atom is 0.148 e. The maximum absolute atomic E-state index is 13.0. The zero-order valence-electron chi connectivity index (χ0n) is 6.17. The molecular formula is C8H7FN2S. The number of halogens is 1. The minimum Gasteiger partial charge on any atom is -0.397 e. The van der Waals surface area contributed by atoms with E-state index in [1.54, 1.807) is 6.07 Å². The summed E-state index contributed by atoms with van der Waals surface area (Å²) in [5.74, 6) is -0.446. The number of fused-ring (bicyclic) bond motifs is 1. The number of nitrogens with two attached hydrogens (primary N) is 2. The molecule has 62 valence electrons. The van der Waals surface area contributed by atoms with Crippen molar-refractivity contribution in [2.75, 3.05) is 11.5 Å². The van der Waals surface area contributed by atoms with Gasteiger partial charge in [-0.2, -0.15) is 0 Å². The smallest absolute Gasteiger partial charge is 0.148 e. The average molecular weight is 182 g/mol. The van der Waals surface area contributed by atoms with Gasteiger partial charge >= 0.3 is 0 Å². The van der Waals surface area contributed by atoms with Gasteiger partial charge in [0.25, 0.3) is 0 Å². The summed E-state index contributed by atoms with van der Waals surface area (Å²) in [6.07, 6.45) is 0. The fourth-order valence-electron chi connectivity index (χ4n) is 1.15. The number of thiophene rings is 1. The number of rotatable bonds is 0. The summed E-state index contributed by atoms with van der Waals surface area (Å²) in [6, 6.07) is 3.03. The Morgan fingerprint density at radius 1 is 1.33 bits per heavy atom. The SMILES string of the molecule is Nc1c(F)cc(N)c2sccc12. The Hall–Kier alpha value is -1.29. The summed E-state index contributed by atoms with van der Waals surface area (Å²) >= 11 is 1.47. The van der Waals surface area contributed by atoms with Crippen molar-refractivity contribution in [2.24, 2.45) is 0 Å². The second kappa shape index (κ2) is 2.35. The molecule has 12 heavy (non-hydrogen) atoms. The number of hydrogen-bond donors (Lipinski definition) is 2. The predicted octanol–water partition coefficient (Wildman–Crippen LogP) is 2.20. The maximum atomic E-state index is 13.0. The van der Waals surface area contributed by atoms with E-state index >= 15 is 0 Å². The van der Waals surface area contributed by atoms with E-state index in [1.165, 1.54) is 17.4 Å². The lowest BCUT2D eigenvalue weighted by atomic mass is 10.2. The quantitative estimate of drug-likeness (QED) is 0.614. The third-order valence-corrected chi connectivity index (χ3v) is 2.72. The van der Waals surface area contributed by atoms with E-state index in [4.69, 9.17) is 11.5 Å². The highest BCUT2D eigenvalue weighted by Gasteiger charge is 2.07. The van der Waals surface area contributed by atoms with Crippen LogP contribution in [0, 0.1) is 5.82 Å². The van der Waals surface area contributed by atoms with Crippen LogP contribution in [0.2, 0.25) is 0 Å². The van der Waals surface area contributed by atoms with E-state index in [-0.39, 0.29) is 5.69 Å². The van der Waals surface area contributed by atoms with Crippen LogP contribution < -0.4 is 11.5 Å². The summed E-state index contributed by atoms with van der Waals surface area (Å²) in [6.45, 7) is 0. The van der Waals surface area contributed by atoms with E-state index in [1.807, 2.05) is 5.38 Å². The Morgan fingerprint density at radius 3 is 2.83 bits per heavy atom. The molecule has 0 radical (unpaired) electrons. The van der Waals surface area contributed by atoms with Crippen molar-refractivity contribution in [2.45, 2.75) is 0 Å². The Balaban J connectivity index is 2.97. The van der Waals surface area contributed by atoms with Crippen molar-refractivity contribution in [1.82, 2.24) is 0 Å². The molecule has 0 atom stereocenters. The zero-order valence-corrected chi connectivity index (χ0v) is 6.99. The van der Waals surface area contributed by atoms with Gasteiger partial charge in [-0.1, -0.05) is 0 Å². The molecule has 4 heteroatoms. The van der Waals surface area contributed by atoms with Gasteiger partial charge in [0.2, 0.25) is 0 Å². The average Bonchev–Trinajstić information content (AvgIpc) is 2.48. The summed E-state index contributed by atoms with van der Waals surface area (Å²) in [4.78, 5) is 0. The van der Waals surface area contributed by atoms with Crippen LogP contribution in [0.3, 0.4) is 0 Å². The Labute approximate surface area is 72.6 Å². The minimum atomic E-state index is -0.446. The Kier molecular flexibility index (Phi) is 1.44. The van der Waals surface area contributed by atoms with Crippen LogP contribution in [0.15, 0.2) is 17.5 Å². The molecule has 0 aliphatic heterocycles. The van der Waals surface area contributed by atoms with Crippen molar-refractivity contribution in [3.05, 3.63) is 23.3 Å².